The highest BCUT2D eigenvalue weighted by atomic mass is 19.1. The maximum atomic E-state index is 15.3. The Labute approximate surface area is 339 Å². The van der Waals surface area contributed by atoms with E-state index in [9.17, 15) is 19.2 Å². The number of imide groups is 2. The lowest BCUT2D eigenvalue weighted by Crippen LogP contribution is -2.63. The standard InChI is InChI=1S/C43H45FN10O5/c1-24-3-2-4-30(15-24)59-29-7-5-26(6-8-29)38-37-39(45)46-23-47-40(37)54(49-38)27-11-13-51(14-12-27)28-21-50(22-28)18-25-19-52(20-25)35-17-32-31(16-33(35)44)42(57)53(43(32)58)34-9-10-36(55)48-41(34)56/h2,4-8,15-17,23-25,27-28,34H,3,9-14,18-22H2,1H3,(H2,45,46,47)(H,48,55,56). The fraction of sp³-hybridized carbons (Fsp3) is 0.419. The first kappa shape index (κ1) is 37.3. The zero-order valence-corrected chi connectivity index (χ0v) is 32.7. The van der Waals surface area contributed by atoms with E-state index >= 15 is 4.39 Å². The Morgan fingerprint density at radius 1 is 0.932 bits per heavy atom. The fourth-order valence-corrected chi connectivity index (χ4v) is 9.53. The van der Waals surface area contributed by atoms with Crippen molar-refractivity contribution in [3.63, 3.8) is 0 Å². The third kappa shape index (κ3) is 6.73. The van der Waals surface area contributed by atoms with E-state index < -0.39 is 35.5 Å². The second-order valence-electron chi connectivity index (χ2n) is 16.8. The SMILES string of the molecule is CC1C=C(Oc2ccc(-c3nn(C4CCN(C5CN(CC6CN(c7cc8c(cc7F)C(=O)N(C7CCC(=O)NC7=O)C8=O)C6)C5)CC4)c4ncnc(N)c34)cc2)C=CC1. The van der Waals surface area contributed by atoms with Crippen LogP contribution in [0, 0.1) is 17.7 Å². The zero-order chi connectivity index (χ0) is 40.5. The molecule has 1 aliphatic carbocycles. The van der Waals surface area contributed by atoms with Crippen LogP contribution in [0.2, 0.25) is 0 Å². The Kier molecular flexibility index (Phi) is 9.27. The molecule has 2 unspecified atom stereocenters. The number of piperidine rings is 2. The molecular weight excluding hydrogens is 756 g/mol. The Balaban J connectivity index is 0.723. The van der Waals surface area contributed by atoms with Crippen LogP contribution in [0.1, 0.15) is 65.8 Å². The van der Waals surface area contributed by atoms with Crippen LogP contribution in [0.25, 0.3) is 22.3 Å². The van der Waals surface area contributed by atoms with Crippen LogP contribution < -0.4 is 20.7 Å². The number of benzene rings is 2. The summed E-state index contributed by atoms with van der Waals surface area (Å²) in [6.45, 7) is 8.22. The van der Waals surface area contributed by atoms with Gasteiger partial charge in [-0.05, 0) is 80.2 Å². The molecule has 2 aromatic carbocycles. The Bertz CT molecular complexity index is 2450. The van der Waals surface area contributed by atoms with Crippen LogP contribution in [-0.2, 0) is 9.59 Å². The van der Waals surface area contributed by atoms with Gasteiger partial charge in [-0.1, -0.05) is 13.0 Å². The summed E-state index contributed by atoms with van der Waals surface area (Å²) in [5.74, 6) is -0.240. The second kappa shape index (κ2) is 14.7. The van der Waals surface area contributed by atoms with Crippen molar-refractivity contribution in [2.45, 2.75) is 57.2 Å². The highest BCUT2D eigenvalue weighted by Crippen LogP contribution is 2.38. The Hall–Kier alpha value is -6.00. The third-order valence-electron chi connectivity index (χ3n) is 12.7. The van der Waals surface area contributed by atoms with Gasteiger partial charge in [-0.25, -0.2) is 19.0 Å². The normalized spacial score (nSPS) is 23.4. The van der Waals surface area contributed by atoms with E-state index in [-0.39, 0.29) is 35.7 Å². The van der Waals surface area contributed by atoms with Crippen molar-refractivity contribution in [2.24, 2.45) is 11.8 Å². The van der Waals surface area contributed by atoms with Crippen LogP contribution in [0.4, 0.5) is 15.9 Å². The van der Waals surface area contributed by atoms with Gasteiger partial charge in [-0.15, -0.1) is 0 Å². The third-order valence-corrected chi connectivity index (χ3v) is 12.7. The molecule has 0 spiro atoms. The number of aromatic nitrogens is 4. The number of fused-ring (bicyclic) bond motifs is 2. The molecule has 4 fully saturated rings. The number of nitrogens with zero attached hydrogens (tertiary/aromatic N) is 8. The molecule has 15 nitrogen and oxygen atoms in total. The van der Waals surface area contributed by atoms with Crippen molar-refractivity contribution in [2.75, 3.05) is 56.4 Å². The number of nitrogen functional groups attached to an aromatic ring is 1. The first-order chi connectivity index (χ1) is 28.6. The van der Waals surface area contributed by atoms with Gasteiger partial charge < -0.3 is 15.4 Å². The Morgan fingerprint density at radius 2 is 1.68 bits per heavy atom. The van der Waals surface area contributed by atoms with Gasteiger partial charge in [0.2, 0.25) is 11.8 Å². The zero-order valence-electron chi connectivity index (χ0n) is 32.7. The number of nitrogens with two attached hydrogens (primary N) is 1. The molecule has 4 saturated heterocycles. The predicted octanol–water partition coefficient (Wildman–Crippen LogP) is 3.93. The van der Waals surface area contributed by atoms with E-state index in [1.54, 1.807) is 0 Å². The molecule has 304 valence electrons. The summed E-state index contributed by atoms with van der Waals surface area (Å²) in [4.78, 5) is 67.1. The molecule has 7 heterocycles. The predicted molar refractivity (Wildman–Crippen MR) is 216 cm³/mol. The number of hydrogen-bond donors (Lipinski definition) is 2. The van der Waals surface area contributed by atoms with Gasteiger partial charge in [0.05, 0.1) is 28.2 Å². The van der Waals surface area contributed by atoms with E-state index in [0.29, 0.717) is 36.8 Å². The highest BCUT2D eigenvalue weighted by molar-refractivity contribution is 6.23. The van der Waals surface area contributed by atoms with Crippen LogP contribution in [0.3, 0.4) is 0 Å². The maximum absolute atomic E-state index is 15.3. The molecule has 3 N–H and O–H groups in total. The minimum Gasteiger partial charge on any atom is -0.458 e. The van der Waals surface area contributed by atoms with Crippen LogP contribution in [0.5, 0.6) is 5.75 Å². The molecule has 2 aromatic heterocycles. The number of rotatable bonds is 9. The van der Waals surface area contributed by atoms with Gasteiger partial charge >= 0.3 is 0 Å². The summed E-state index contributed by atoms with van der Waals surface area (Å²) in [5, 5.41) is 8.06. The number of likely N-dealkylation sites (tertiary alicyclic amines) is 2. The summed E-state index contributed by atoms with van der Waals surface area (Å²) in [7, 11) is 0. The lowest BCUT2D eigenvalue weighted by atomic mass is 9.94. The number of halogens is 1. The van der Waals surface area contributed by atoms with Crippen molar-refractivity contribution in [1.29, 1.82) is 0 Å². The summed E-state index contributed by atoms with van der Waals surface area (Å²) in [6.07, 6.45) is 10.8. The number of carbonyl (C=O) groups excluding carboxylic acids is 4. The molecule has 59 heavy (non-hydrogen) atoms. The smallest absolute Gasteiger partial charge is 0.262 e. The molecule has 5 aliphatic heterocycles. The van der Waals surface area contributed by atoms with Crippen molar-refractivity contribution in [3.8, 4) is 17.0 Å². The van der Waals surface area contributed by atoms with Crippen molar-refractivity contribution < 1.29 is 28.3 Å². The minimum atomic E-state index is -1.09. The monoisotopic (exact) mass is 800 g/mol. The van der Waals surface area contributed by atoms with E-state index in [1.165, 1.54) is 12.4 Å². The van der Waals surface area contributed by atoms with Gasteiger partial charge in [0.1, 0.15) is 41.2 Å². The highest BCUT2D eigenvalue weighted by Gasteiger charge is 2.46. The summed E-state index contributed by atoms with van der Waals surface area (Å²) in [6, 6.07) is 10.0. The number of ether oxygens (including phenoxy) is 1. The minimum absolute atomic E-state index is 0.0245. The number of nitrogens with one attached hydrogen (secondary N) is 1. The number of hydrogen-bond acceptors (Lipinski definition) is 12. The molecule has 4 amide bonds. The molecule has 0 bridgehead atoms. The van der Waals surface area contributed by atoms with E-state index in [0.717, 1.165) is 96.8 Å². The molecule has 2 atom stereocenters. The Morgan fingerprint density at radius 3 is 2.41 bits per heavy atom. The molecule has 0 saturated carbocycles. The average molecular weight is 801 g/mol. The largest absolute Gasteiger partial charge is 0.458 e. The lowest BCUT2D eigenvalue weighted by Gasteiger charge is -2.51. The number of carbonyl (C=O) groups is 4. The van der Waals surface area contributed by atoms with E-state index in [4.69, 9.17) is 15.6 Å². The van der Waals surface area contributed by atoms with Gasteiger partial charge in [-0.3, -0.25) is 39.2 Å². The molecular formula is C43H45FN10O5. The topological polar surface area (TPSA) is 172 Å². The fourth-order valence-electron chi connectivity index (χ4n) is 9.53. The van der Waals surface area contributed by atoms with Crippen LogP contribution >= 0.6 is 0 Å². The summed E-state index contributed by atoms with van der Waals surface area (Å²) >= 11 is 0. The first-order valence-corrected chi connectivity index (χ1v) is 20.5. The molecule has 4 aromatic rings. The maximum Gasteiger partial charge on any atom is 0.262 e. The average Bonchev–Trinajstić information content (AvgIpc) is 3.69. The van der Waals surface area contributed by atoms with Crippen molar-refractivity contribution >= 4 is 46.2 Å². The lowest BCUT2D eigenvalue weighted by molar-refractivity contribution is -0.136. The number of allylic oxidation sites excluding steroid dienone is 3. The quantitative estimate of drug-likeness (QED) is 0.234. The first-order valence-electron chi connectivity index (χ1n) is 20.5. The molecule has 16 heteroatoms. The second-order valence-corrected chi connectivity index (χ2v) is 16.8. The molecule has 6 aliphatic rings. The number of anilines is 2. The van der Waals surface area contributed by atoms with Gasteiger partial charge in [0.25, 0.3) is 11.8 Å². The summed E-state index contributed by atoms with van der Waals surface area (Å²) in [5.41, 5.74) is 9.19. The van der Waals surface area contributed by atoms with Crippen LogP contribution in [-0.4, -0.2) is 116 Å². The molecule has 0 radical (unpaired) electrons. The van der Waals surface area contributed by atoms with Crippen molar-refractivity contribution in [3.05, 3.63) is 83.7 Å². The van der Waals surface area contributed by atoms with Crippen molar-refractivity contribution in [1.82, 2.24) is 39.8 Å². The van der Waals surface area contributed by atoms with Gasteiger partial charge in [0, 0.05) is 69.8 Å². The van der Waals surface area contributed by atoms with Gasteiger partial charge in [-0.2, -0.15) is 5.10 Å². The summed E-state index contributed by atoms with van der Waals surface area (Å²) < 4.78 is 23.5. The van der Waals surface area contributed by atoms with E-state index in [1.807, 2.05) is 39.9 Å². The van der Waals surface area contributed by atoms with E-state index in [2.05, 4.69) is 44.2 Å². The molecule has 10 rings (SSSR count). The number of amides is 4. The van der Waals surface area contributed by atoms with Crippen LogP contribution in [0.15, 0.2) is 66.7 Å². The van der Waals surface area contributed by atoms with Gasteiger partial charge in [0.15, 0.2) is 5.65 Å².